The average molecular weight is 389 g/mol. The molecule has 7 heteroatoms. The van der Waals surface area contributed by atoms with E-state index in [1.165, 1.54) is 11.8 Å². The molecule has 6 nitrogen and oxygen atoms in total. The van der Waals surface area contributed by atoms with Gasteiger partial charge in [0.1, 0.15) is 0 Å². The van der Waals surface area contributed by atoms with Crippen molar-refractivity contribution >= 4 is 34.3 Å². The molecule has 0 saturated heterocycles. The highest BCUT2D eigenvalue weighted by Crippen LogP contribution is 2.29. The number of fused-ring (bicyclic) bond motifs is 1. The third kappa shape index (κ3) is 3.75. The van der Waals surface area contributed by atoms with E-state index in [1.807, 2.05) is 72.2 Å². The van der Waals surface area contributed by atoms with Gasteiger partial charge in [-0.25, -0.2) is 0 Å². The number of thioether (sulfide) groups is 1. The molecule has 4 aromatic rings. The first kappa shape index (κ1) is 18.2. The molecular weight excluding hydrogens is 370 g/mol. The molecule has 0 unspecified atom stereocenters. The van der Waals surface area contributed by atoms with Crippen molar-refractivity contribution in [3.05, 3.63) is 66.9 Å². The number of pyridine rings is 1. The maximum atomic E-state index is 12.2. The van der Waals surface area contributed by atoms with E-state index >= 15 is 0 Å². The number of anilines is 1. The molecule has 0 aliphatic heterocycles. The van der Waals surface area contributed by atoms with Gasteiger partial charge in [-0.2, -0.15) is 0 Å². The standard InChI is InChI=1S/C21H19N5OS/c1-2-26-20(17-10-6-12-18-16(17)11-7-13-22-18)24-25-21(26)28-14-19(27)23-15-8-4-3-5-9-15/h3-13H,2,14H2,1H3,(H,23,27). The highest BCUT2D eigenvalue weighted by Gasteiger charge is 2.16. The second-order valence-electron chi connectivity index (χ2n) is 6.13. The van der Waals surface area contributed by atoms with E-state index in [0.29, 0.717) is 6.54 Å². The molecule has 0 radical (unpaired) electrons. The van der Waals surface area contributed by atoms with Crippen molar-refractivity contribution in [1.82, 2.24) is 19.7 Å². The van der Waals surface area contributed by atoms with Crippen LogP contribution >= 0.6 is 11.8 Å². The summed E-state index contributed by atoms with van der Waals surface area (Å²) in [5.74, 6) is 0.981. The number of amides is 1. The first-order valence-corrected chi connectivity index (χ1v) is 10.00. The Morgan fingerprint density at radius 3 is 2.71 bits per heavy atom. The number of carbonyl (C=O) groups excluding carboxylic acids is 1. The van der Waals surface area contributed by atoms with E-state index in [4.69, 9.17) is 0 Å². The molecule has 2 aromatic heterocycles. The van der Waals surface area contributed by atoms with Crippen LogP contribution in [0.2, 0.25) is 0 Å². The minimum atomic E-state index is -0.0715. The van der Waals surface area contributed by atoms with Crippen molar-refractivity contribution in [2.45, 2.75) is 18.6 Å². The van der Waals surface area contributed by atoms with E-state index in [2.05, 4.69) is 20.5 Å². The van der Waals surface area contributed by atoms with Crippen LogP contribution in [0, 0.1) is 0 Å². The number of rotatable bonds is 6. The van der Waals surface area contributed by atoms with E-state index < -0.39 is 0 Å². The maximum absolute atomic E-state index is 12.2. The zero-order chi connectivity index (χ0) is 19.3. The molecule has 0 spiro atoms. The van der Waals surface area contributed by atoms with Gasteiger partial charge in [-0.15, -0.1) is 10.2 Å². The maximum Gasteiger partial charge on any atom is 0.234 e. The highest BCUT2D eigenvalue weighted by molar-refractivity contribution is 7.99. The van der Waals surface area contributed by atoms with Crippen LogP contribution in [0.4, 0.5) is 5.69 Å². The Morgan fingerprint density at radius 1 is 1.04 bits per heavy atom. The molecule has 0 saturated carbocycles. The molecule has 0 aliphatic rings. The van der Waals surface area contributed by atoms with Crippen LogP contribution in [0.1, 0.15) is 6.92 Å². The molecule has 140 valence electrons. The lowest BCUT2D eigenvalue weighted by Crippen LogP contribution is -2.14. The fourth-order valence-electron chi connectivity index (χ4n) is 3.03. The zero-order valence-corrected chi connectivity index (χ0v) is 16.2. The fraction of sp³-hybridized carbons (Fsp3) is 0.143. The lowest BCUT2D eigenvalue weighted by Gasteiger charge is -2.09. The summed E-state index contributed by atoms with van der Waals surface area (Å²) in [6.45, 7) is 2.76. The van der Waals surface area contributed by atoms with Gasteiger partial charge in [0, 0.05) is 29.4 Å². The second kappa shape index (κ2) is 8.22. The van der Waals surface area contributed by atoms with Gasteiger partial charge >= 0.3 is 0 Å². The molecule has 28 heavy (non-hydrogen) atoms. The van der Waals surface area contributed by atoms with Crippen molar-refractivity contribution in [2.75, 3.05) is 11.1 Å². The highest BCUT2D eigenvalue weighted by atomic mass is 32.2. The Hall–Kier alpha value is -3.19. The van der Waals surface area contributed by atoms with Crippen molar-refractivity contribution in [3.63, 3.8) is 0 Å². The quantitative estimate of drug-likeness (QED) is 0.499. The summed E-state index contributed by atoms with van der Waals surface area (Å²) < 4.78 is 2.03. The number of benzene rings is 2. The monoisotopic (exact) mass is 389 g/mol. The van der Waals surface area contributed by atoms with Crippen molar-refractivity contribution in [3.8, 4) is 11.4 Å². The lowest BCUT2D eigenvalue weighted by atomic mass is 10.1. The normalized spacial score (nSPS) is 10.9. The van der Waals surface area contributed by atoms with Gasteiger partial charge in [-0.3, -0.25) is 9.78 Å². The third-order valence-corrected chi connectivity index (χ3v) is 5.28. The third-order valence-electron chi connectivity index (χ3n) is 4.31. The van der Waals surface area contributed by atoms with Crippen molar-refractivity contribution in [1.29, 1.82) is 0 Å². The Bertz CT molecular complexity index is 1100. The molecule has 2 heterocycles. The fourth-order valence-corrected chi connectivity index (χ4v) is 3.83. The van der Waals surface area contributed by atoms with E-state index in [1.54, 1.807) is 6.20 Å². The van der Waals surface area contributed by atoms with Crippen molar-refractivity contribution in [2.24, 2.45) is 0 Å². The molecule has 0 atom stereocenters. The van der Waals surface area contributed by atoms with Gasteiger partial charge in [0.2, 0.25) is 5.91 Å². The number of carbonyl (C=O) groups is 1. The average Bonchev–Trinajstić information content (AvgIpc) is 3.15. The number of hydrogen-bond donors (Lipinski definition) is 1. The van der Waals surface area contributed by atoms with Crippen LogP contribution in [-0.2, 0) is 11.3 Å². The summed E-state index contributed by atoms with van der Waals surface area (Å²) >= 11 is 1.38. The van der Waals surface area contributed by atoms with Gasteiger partial charge in [0.05, 0.1) is 11.3 Å². The predicted molar refractivity (Wildman–Crippen MR) is 112 cm³/mol. The van der Waals surface area contributed by atoms with E-state index in [9.17, 15) is 4.79 Å². The van der Waals surface area contributed by atoms with Crippen LogP contribution in [-0.4, -0.2) is 31.4 Å². The molecule has 0 fully saturated rings. The Balaban J connectivity index is 1.55. The lowest BCUT2D eigenvalue weighted by molar-refractivity contribution is -0.113. The summed E-state index contributed by atoms with van der Waals surface area (Å²) in [4.78, 5) is 16.7. The molecule has 2 aromatic carbocycles. The van der Waals surface area contributed by atoms with Gasteiger partial charge in [0.25, 0.3) is 0 Å². The number of nitrogens with zero attached hydrogens (tertiary/aromatic N) is 4. The summed E-state index contributed by atoms with van der Waals surface area (Å²) in [6, 6.07) is 19.4. The molecular formula is C21H19N5OS. The molecule has 0 bridgehead atoms. The largest absolute Gasteiger partial charge is 0.325 e. The van der Waals surface area contributed by atoms with Crippen LogP contribution in [0.5, 0.6) is 0 Å². The zero-order valence-electron chi connectivity index (χ0n) is 15.4. The van der Waals surface area contributed by atoms with E-state index in [-0.39, 0.29) is 11.7 Å². The summed E-state index contributed by atoms with van der Waals surface area (Å²) in [5, 5.41) is 13.4. The summed E-state index contributed by atoms with van der Waals surface area (Å²) in [5.41, 5.74) is 2.69. The second-order valence-corrected chi connectivity index (χ2v) is 7.07. The van der Waals surface area contributed by atoms with Gasteiger partial charge in [-0.05, 0) is 31.2 Å². The summed E-state index contributed by atoms with van der Waals surface area (Å²) in [6.07, 6.45) is 1.78. The number of hydrogen-bond acceptors (Lipinski definition) is 5. The molecule has 1 N–H and O–H groups in total. The number of nitrogens with one attached hydrogen (secondary N) is 1. The van der Waals surface area contributed by atoms with Crippen LogP contribution in [0.15, 0.2) is 72.0 Å². The minimum Gasteiger partial charge on any atom is -0.325 e. The summed E-state index contributed by atoms with van der Waals surface area (Å²) in [7, 11) is 0. The van der Waals surface area contributed by atoms with Gasteiger partial charge < -0.3 is 9.88 Å². The topological polar surface area (TPSA) is 72.7 Å². The molecule has 4 rings (SSSR count). The minimum absolute atomic E-state index is 0.0715. The predicted octanol–water partition coefficient (Wildman–Crippen LogP) is 4.24. The van der Waals surface area contributed by atoms with Crippen LogP contribution in [0.3, 0.4) is 0 Å². The molecule has 1 amide bonds. The number of aromatic nitrogens is 4. The van der Waals surface area contributed by atoms with Crippen LogP contribution in [0.25, 0.3) is 22.3 Å². The Kier molecular flexibility index (Phi) is 5.34. The van der Waals surface area contributed by atoms with Gasteiger partial charge in [-0.1, -0.05) is 48.2 Å². The smallest absolute Gasteiger partial charge is 0.234 e. The Labute approximate surface area is 167 Å². The molecule has 0 aliphatic carbocycles. The first-order valence-electron chi connectivity index (χ1n) is 9.01. The number of para-hydroxylation sites is 1. The van der Waals surface area contributed by atoms with Gasteiger partial charge in [0.15, 0.2) is 11.0 Å². The van der Waals surface area contributed by atoms with E-state index in [0.717, 1.165) is 33.1 Å². The van der Waals surface area contributed by atoms with Crippen LogP contribution < -0.4 is 5.32 Å². The first-order chi connectivity index (χ1) is 13.8. The van der Waals surface area contributed by atoms with Crippen molar-refractivity contribution < 1.29 is 4.79 Å². The Morgan fingerprint density at radius 2 is 1.89 bits per heavy atom. The SMILES string of the molecule is CCn1c(SCC(=O)Nc2ccccc2)nnc1-c1cccc2ncccc12.